The Morgan fingerprint density at radius 2 is 1.95 bits per heavy atom. The second-order valence-corrected chi connectivity index (χ2v) is 4.15. The number of hydrogen-bond donors (Lipinski definition) is 1. The molecule has 1 atom stereocenters. The van der Waals surface area contributed by atoms with Gasteiger partial charge in [-0.1, -0.05) is 6.07 Å². The van der Waals surface area contributed by atoms with Gasteiger partial charge in [-0.15, -0.1) is 0 Å². The normalized spacial score (nSPS) is 13.1. The molecule has 0 bridgehead atoms. The number of ether oxygens (including phenoxy) is 3. The monoisotopic (exact) mass is 293 g/mol. The van der Waals surface area contributed by atoms with E-state index in [-0.39, 0.29) is 6.04 Å². The van der Waals surface area contributed by atoms with Crippen LogP contribution in [0.25, 0.3) is 0 Å². The number of benzene rings is 1. The van der Waals surface area contributed by atoms with Crippen molar-refractivity contribution in [1.29, 1.82) is 0 Å². The molecular formula is C13H18F3NO3. The molecule has 1 rings (SSSR count). The van der Waals surface area contributed by atoms with E-state index in [1.807, 2.05) is 20.0 Å². The molecule has 4 nitrogen and oxygen atoms in total. The molecule has 1 unspecified atom stereocenters. The van der Waals surface area contributed by atoms with Crippen molar-refractivity contribution in [2.75, 3.05) is 27.6 Å². The van der Waals surface area contributed by atoms with Gasteiger partial charge in [0, 0.05) is 6.04 Å². The van der Waals surface area contributed by atoms with Crippen molar-refractivity contribution < 1.29 is 27.4 Å². The Kier molecular flexibility index (Phi) is 6.09. The Labute approximate surface area is 115 Å². The number of rotatable bonds is 7. The number of halogens is 3. The fraction of sp³-hybridized carbons (Fsp3) is 0.538. The van der Waals surface area contributed by atoms with Crippen LogP contribution in [-0.2, 0) is 4.74 Å². The summed E-state index contributed by atoms with van der Waals surface area (Å²) in [5, 5.41) is 3.07. The van der Waals surface area contributed by atoms with Gasteiger partial charge in [-0.3, -0.25) is 0 Å². The van der Waals surface area contributed by atoms with E-state index in [0.717, 1.165) is 5.56 Å². The standard InChI is InChI=1S/C13H18F3NO3/c1-9(17-2)10-4-5-11(12(6-10)18-3)20-8-19-7-13(14,15)16/h4-6,9,17H,7-8H2,1-3H3. The lowest BCUT2D eigenvalue weighted by atomic mass is 10.1. The molecule has 0 spiro atoms. The first-order valence-corrected chi connectivity index (χ1v) is 6.00. The summed E-state index contributed by atoms with van der Waals surface area (Å²) in [5.74, 6) is 0.780. The molecule has 0 aromatic heterocycles. The minimum absolute atomic E-state index is 0.124. The van der Waals surface area contributed by atoms with Crippen LogP contribution in [0.3, 0.4) is 0 Å². The lowest BCUT2D eigenvalue weighted by Gasteiger charge is -2.15. The summed E-state index contributed by atoms with van der Waals surface area (Å²) in [5.41, 5.74) is 0.980. The Morgan fingerprint density at radius 3 is 2.50 bits per heavy atom. The fourth-order valence-electron chi connectivity index (χ4n) is 1.50. The second-order valence-electron chi connectivity index (χ2n) is 4.15. The molecule has 0 heterocycles. The molecule has 7 heteroatoms. The fourth-order valence-corrected chi connectivity index (χ4v) is 1.50. The van der Waals surface area contributed by atoms with E-state index in [2.05, 4.69) is 10.1 Å². The summed E-state index contributed by atoms with van der Waals surface area (Å²) >= 11 is 0. The van der Waals surface area contributed by atoms with Crippen molar-refractivity contribution in [3.63, 3.8) is 0 Å². The topological polar surface area (TPSA) is 39.7 Å². The van der Waals surface area contributed by atoms with E-state index in [1.54, 1.807) is 12.1 Å². The van der Waals surface area contributed by atoms with Crippen molar-refractivity contribution in [2.45, 2.75) is 19.1 Å². The first-order chi connectivity index (χ1) is 9.37. The second kappa shape index (κ2) is 7.35. The lowest BCUT2D eigenvalue weighted by Crippen LogP contribution is -2.19. The average molecular weight is 293 g/mol. The van der Waals surface area contributed by atoms with Crippen LogP contribution in [0.1, 0.15) is 18.5 Å². The zero-order valence-corrected chi connectivity index (χ0v) is 11.6. The average Bonchev–Trinajstić information content (AvgIpc) is 2.41. The van der Waals surface area contributed by atoms with Crippen molar-refractivity contribution >= 4 is 0 Å². The Morgan fingerprint density at radius 1 is 1.25 bits per heavy atom. The molecule has 0 saturated heterocycles. The van der Waals surface area contributed by atoms with Crippen LogP contribution >= 0.6 is 0 Å². The van der Waals surface area contributed by atoms with Gasteiger partial charge in [-0.25, -0.2) is 0 Å². The highest BCUT2D eigenvalue weighted by atomic mass is 19.4. The Hall–Kier alpha value is -1.47. The first kappa shape index (κ1) is 16.6. The van der Waals surface area contributed by atoms with Gasteiger partial charge in [-0.05, 0) is 31.7 Å². The van der Waals surface area contributed by atoms with E-state index in [4.69, 9.17) is 9.47 Å². The summed E-state index contributed by atoms with van der Waals surface area (Å²) < 4.78 is 50.3. The Bertz CT molecular complexity index is 424. The minimum atomic E-state index is -4.36. The zero-order chi connectivity index (χ0) is 15.2. The third-order valence-corrected chi connectivity index (χ3v) is 2.68. The van der Waals surface area contributed by atoms with Gasteiger partial charge in [0.2, 0.25) is 0 Å². The zero-order valence-electron chi connectivity index (χ0n) is 11.6. The van der Waals surface area contributed by atoms with Crippen LogP contribution in [0, 0.1) is 0 Å². The van der Waals surface area contributed by atoms with E-state index in [1.165, 1.54) is 7.11 Å². The number of hydrogen-bond acceptors (Lipinski definition) is 4. The van der Waals surface area contributed by atoms with E-state index < -0.39 is 19.6 Å². The molecule has 114 valence electrons. The molecule has 0 saturated carbocycles. The highest BCUT2D eigenvalue weighted by Crippen LogP contribution is 2.30. The van der Waals surface area contributed by atoms with Gasteiger partial charge < -0.3 is 19.5 Å². The summed E-state index contributed by atoms with van der Waals surface area (Å²) in [6, 6.07) is 5.33. The van der Waals surface area contributed by atoms with Gasteiger partial charge >= 0.3 is 6.18 Å². The number of alkyl halides is 3. The largest absolute Gasteiger partial charge is 0.493 e. The minimum Gasteiger partial charge on any atom is -0.493 e. The molecule has 0 aliphatic rings. The lowest BCUT2D eigenvalue weighted by molar-refractivity contribution is -0.186. The summed E-state index contributed by atoms with van der Waals surface area (Å²) in [4.78, 5) is 0. The van der Waals surface area contributed by atoms with Crippen molar-refractivity contribution in [2.24, 2.45) is 0 Å². The maximum Gasteiger partial charge on any atom is 0.411 e. The van der Waals surface area contributed by atoms with Crippen LogP contribution in [0.2, 0.25) is 0 Å². The quantitative estimate of drug-likeness (QED) is 0.620. The maximum atomic E-state index is 11.9. The molecule has 0 aliphatic carbocycles. The predicted molar refractivity (Wildman–Crippen MR) is 68.0 cm³/mol. The van der Waals surface area contributed by atoms with Crippen LogP contribution in [0.15, 0.2) is 18.2 Å². The molecule has 0 fully saturated rings. The predicted octanol–water partition coefficient (Wildman–Crippen LogP) is 2.89. The van der Waals surface area contributed by atoms with Gasteiger partial charge in [0.25, 0.3) is 0 Å². The molecule has 1 N–H and O–H groups in total. The van der Waals surface area contributed by atoms with Crippen LogP contribution < -0.4 is 14.8 Å². The molecule has 20 heavy (non-hydrogen) atoms. The van der Waals surface area contributed by atoms with E-state index in [0.29, 0.717) is 11.5 Å². The highest BCUT2D eigenvalue weighted by molar-refractivity contribution is 5.43. The molecule has 0 radical (unpaired) electrons. The van der Waals surface area contributed by atoms with Gasteiger partial charge in [0.1, 0.15) is 6.61 Å². The van der Waals surface area contributed by atoms with Gasteiger partial charge in [0.05, 0.1) is 7.11 Å². The SMILES string of the molecule is CNC(C)c1ccc(OCOCC(F)(F)F)c(OC)c1. The third kappa shape index (κ3) is 5.26. The molecule has 1 aromatic carbocycles. The van der Waals surface area contributed by atoms with Crippen LogP contribution in [0.4, 0.5) is 13.2 Å². The third-order valence-electron chi connectivity index (χ3n) is 2.68. The van der Waals surface area contributed by atoms with Crippen LogP contribution in [0.5, 0.6) is 11.5 Å². The molecule has 0 aliphatic heterocycles. The highest BCUT2D eigenvalue weighted by Gasteiger charge is 2.27. The van der Waals surface area contributed by atoms with Crippen molar-refractivity contribution in [3.8, 4) is 11.5 Å². The van der Waals surface area contributed by atoms with Crippen molar-refractivity contribution in [3.05, 3.63) is 23.8 Å². The number of nitrogens with one attached hydrogen (secondary N) is 1. The smallest absolute Gasteiger partial charge is 0.411 e. The van der Waals surface area contributed by atoms with E-state index in [9.17, 15) is 13.2 Å². The summed E-state index contributed by atoms with van der Waals surface area (Å²) in [6.45, 7) is 0.142. The molecular weight excluding hydrogens is 275 g/mol. The molecule has 1 aromatic rings. The summed E-state index contributed by atoms with van der Waals surface area (Å²) in [6.07, 6.45) is -4.36. The number of methoxy groups -OCH3 is 1. The van der Waals surface area contributed by atoms with E-state index >= 15 is 0 Å². The first-order valence-electron chi connectivity index (χ1n) is 6.00. The molecule has 0 amide bonds. The Balaban J connectivity index is 2.62. The van der Waals surface area contributed by atoms with Gasteiger partial charge in [0.15, 0.2) is 18.3 Å². The van der Waals surface area contributed by atoms with Crippen LogP contribution in [-0.4, -0.2) is 33.7 Å². The van der Waals surface area contributed by atoms with Gasteiger partial charge in [-0.2, -0.15) is 13.2 Å². The maximum absolute atomic E-state index is 11.9. The van der Waals surface area contributed by atoms with Crippen molar-refractivity contribution in [1.82, 2.24) is 5.32 Å². The summed E-state index contributed by atoms with van der Waals surface area (Å²) in [7, 11) is 3.29.